The Morgan fingerprint density at radius 3 is 2.62 bits per heavy atom. The smallest absolute Gasteiger partial charge is 0.242 e. The van der Waals surface area contributed by atoms with E-state index in [9.17, 15) is 13.2 Å². The number of benzene rings is 2. The van der Waals surface area contributed by atoms with Gasteiger partial charge in [-0.15, -0.1) is 0 Å². The van der Waals surface area contributed by atoms with Crippen molar-refractivity contribution in [3.8, 4) is 11.5 Å². The number of sulfonamides is 1. The maximum absolute atomic E-state index is 12.8. The van der Waals surface area contributed by atoms with Gasteiger partial charge in [0.15, 0.2) is 11.5 Å². The van der Waals surface area contributed by atoms with E-state index in [0.717, 1.165) is 43.2 Å². The third-order valence-electron chi connectivity index (χ3n) is 6.39. The zero-order valence-electron chi connectivity index (χ0n) is 18.5. The molecule has 3 aromatic rings. The molecule has 1 atom stereocenters. The van der Waals surface area contributed by atoms with Crippen LogP contribution in [0.2, 0.25) is 0 Å². The summed E-state index contributed by atoms with van der Waals surface area (Å²) in [5.41, 5.74) is 0.977. The van der Waals surface area contributed by atoms with Crippen LogP contribution in [0.5, 0.6) is 11.5 Å². The standard InChI is InChI=1S/C23H26N4O5S2/c28-23(24-13-17-14-31-19-5-1-2-6-20(19)32-17)16-10-8-15(9-11-16)12-25-34(29,30)21-7-3-4-18-22(21)27-33-26-18/h1-7,15-17,25H,8-14H2,(H,24,28). The minimum Gasteiger partial charge on any atom is -0.486 e. The van der Waals surface area contributed by atoms with Crippen LogP contribution in [0.3, 0.4) is 0 Å². The third kappa shape index (κ3) is 5.01. The highest BCUT2D eigenvalue weighted by Crippen LogP contribution is 2.31. The van der Waals surface area contributed by atoms with E-state index in [1.807, 2.05) is 24.3 Å². The van der Waals surface area contributed by atoms with Crippen LogP contribution in [0, 0.1) is 11.8 Å². The Morgan fingerprint density at radius 1 is 1.00 bits per heavy atom. The predicted molar refractivity (Wildman–Crippen MR) is 127 cm³/mol. The maximum atomic E-state index is 12.8. The number of carbonyl (C=O) groups is 1. The monoisotopic (exact) mass is 502 g/mol. The molecule has 1 amide bonds. The molecule has 1 saturated carbocycles. The molecule has 0 saturated heterocycles. The molecule has 0 radical (unpaired) electrons. The zero-order chi connectivity index (χ0) is 23.5. The van der Waals surface area contributed by atoms with Crippen molar-refractivity contribution in [2.45, 2.75) is 36.7 Å². The Kier molecular flexibility index (Phi) is 6.66. The van der Waals surface area contributed by atoms with Gasteiger partial charge in [-0.1, -0.05) is 18.2 Å². The number of rotatable bonds is 7. The highest BCUT2D eigenvalue weighted by atomic mass is 32.2. The zero-order valence-corrected chi connectivity index (χ0v) is 20.1. The van der Waals surface area contributed by atoms with Gasteiger partial charge in [-0.05, 0) is 55.9 Å². The van der Waals surface area contributed by atoms with Gasteiger partial charge in [-0.2, -0.15) is 8.75 Å². The van der Waals surface area contributed by atoms with Crippen molar-refractivity contribution in [2.75, 3.05) is 19.7 Å². The molecule has 11 heteroatoms. The van der Waals surface area contributed by atoms with Crippen molar-refractivity contribution in [3.63, 3.8) is 0 Å². The molecule has 1 unspecified atom stereocenters. The van der Waals surface area contributed by atoms with Crippen LogP contribution < -0.4 is 19.5 Å². The van der Waals surface area contributed by atoms with Gasteiger partial charge >= 0.3 is 0 Å². The number of amides is 1. The number of nitrogens with one attached hydrogen (secondary N) is 2. The minimum absolute atomic E-state index is 0.0178. The topological polar surface area (TPSA) is 120 Å². The molecule has 1 aromatic heterocycles. The van der Waals surface area contributed by atoms with Gasteiger partial charge in [0, 0.05) is 12.5 Å². The molecular weight excluding hydrogens is 476 g/mol. The summed E-state index contributed by atoms with van der Waals surface area (Å²) in [4.78, 5) is 12.8. The van der Waals surface area contributed by atoms with Gasteiger partial charge in [0.1, 0.15) is 28.6 Å². The first kappa shape index (κ1) is 23.0. The van der Waals surface area contributed by atoms with Crippen molar-refractivity contribution < 1.29 is 22.7 Å². The highest BCUT2D eigenvalue weighted by Gasteiger charge is 2.29. The number of nitrogens with zero attached hydrogens (tertiary/aromatic N) is 2. The average Bonchev–Trinajstić information content (AvgIpc) is 3.35. The quantitative estimate of drug-likeness (QED) is 0.510. The average molecular weight is 503 g/mol. The van der Waals surface area contributed by atoms with E-state index in [1.165, 1.54) is 0 Å². The van der Waals surface area contributed by atoms with Crippen molar-refractivity contribution >= 4 is 38.7 Å². The normalized spacial score (nSPS) is 22.4. The molecule has 2 heterocycles. The van der Waals surface area contributed by atoms with Gasteiger partial charge in [0.25, 0.3) is 0 Å². The predicted octanol–water partition coefficient (Wildman–Crippen LogP) is 2.73. The maximum Gasteiger partial charge on any atom is 0.242 e. The van der Waals surface area contributed by atoms with Crippen molar-refractivity contribution in [1.82, 2.24) is 18.8 Å². The molecule has 2 aliphatic rings. The van der Waals surface area contributed by atoms with E-state index in [2.05, 4.69) is 18.8 Å². The van der Waals surface area contributed by atoms with E-state index in [0.29, 0.717) is 36.5 Å². The van der Waals surface area contributed by atoms with Crippen LogP contribution in [0.25, 0.3) is 11.0 Å². The van der Waals surface area contributed by atoms with Gasteiger partial charge in [-0.3, -0.25) is 4.79 Å². The van der Waals surface area contributed by atoms with Crippen LogP contribution in [-0.4, -0.2) is 48.9 Å². The van der Waals surface area contributed by atoms with E-state index in [-0.39, 0.29) is 28.7 Å². The fourth-order valence-corrected chi connectivity index (χ4v) is 6.34. The van der Waals surface area contributed by atoms with E-state index in [4.69, 9.17) is 9.47 Å². The summed E-state index contributed by atoms with van der Waals surface area (Å²) < 4.78 is 48.2. The second-order valence-electron chi connectivity index (χ2n) is 8.70. The minimum atomic E-state index is -3.68. The number of carbonyl (C=O) groups excluding carboxylic acids is 1. The van der Waals surface area contributed by atoms with Crippen molar-refractivity contribution in [1.29, 1.82) is 0 Å². The molecule has 0 bridgehead atoms. The number of para-hydroxylation sites is 2. The first-order valence-electron chi connectivity index (χ1n) is 11.4. The summed E-state index contributed by atoms with van der Waals surface area (Å²) in [6.45, 7) is 1.13. The Hall–Kier alpha value is -2.76. The van der Waals surface area contributed by atoms with Crippen LogP contribution in [-0.2, 0) is 14.8 Å². The van der Waals surface area contributed by atoms with Crippen molar-refractivity contribution in [2.24, 2.45) is 11.8 Å². The SMILES string of the molecule is O=C(NCC1COc2ccccc2O1)C1CCC(CNS(=O)(=O)c2cccc3nsnc23)CC1. The second-order valence-corrected chi connectivity index (χ2v) is 11.0. The lowest BCUT2D eigenvalue weighted by Crippen LogP contribution is -2.43. The number of ether oxygens (including phenoxy) is 2. The Morgan fingerprint density at radius 2 is 1.79 bits per heavy atom. The summed E-state index contributed by atoms with van der Waals surface area (Å²) in [6, 6.07) is 12.5. The lowest BCUT2D eigenvalue weighted by Gasteiger charge is -2.29. The van der Waals surface area contributed by atoms with Crippen molar-refractivity contribution in [3.05, 3.63) is 42.5 Å². The first-order chi connectivity index (χ1) is 16.5. The number of fused-ring (bicyclic) bond motifs is 2. The van der Waals surface area contributed by atoms with Gasteiger partial charge in [0.2, 0.25) is 15.9 Å². The van der Waals surface area contributed by atoms with Gasteiger partial charge < -0.3 is 14.8 Å². The second kappa shape index (κ2) is 9.85. The highest BCUT2D eigenvalue weighted by molar-refractivity contribution is 7.89. The third-order valence-corrected chi connectivity index (χ3v) is 8.39. The number of aromatic nitrogens is 2. The largest absolute Gasteiger partial charge is 0.486 e. The Balaban J connectivity index is 1.07. The summed E-state index contributed by atoms with van der Waals surface area (Å²) in [6.07, 6.45) is 2.82. The first-order valence-corrected chi connectivity index (χ1v) is 13.6. The fraction of sp³-hybridized carbons (Fsp3) is 0.435. The molecule has 0 spiro atoms. The molecule has 9 nitrogen and oxygen atoms in total. The molecule has 1 aliphatic heterocycles. The van der Waals surface area contributed by atoms with E-state index < -0.39 is 10.0 Å². The Bertz CT molecular complexity index is 1270. The van der Waals surface area contributed by atoms with Crippen LogP contribution in [0.4, 0.5) is 0 Å². The summed E-state index contributed by atoms with van der Waals surface area (Å²) >= 11 is 0.997. The fourth-order valence-electron chi connectivity index (χ4n) is 4.45. The summed E-state index contributed by atoms with van der Waals surface area (Å²) in [5.74, 6) is 1.55. The molecule has 2 N–H and O–H groups in total. The lowest BCUT2D eigenvalue weighted by molar-refractivity contribution is -0.126. The number of hydrogen-bond acceptors (Lipinski definition) is 8. The summed E-state index contributed by atoms with van der Waals surface area (Å²) in [7, 11) is -3.68. The van der Waals surface area contributed by atoms with Crippen LogP contribution in [0.15, 0.2) is 47.4 Å². The molecule has 34 heavy (non-hydrogen) atoms. The molecule has 180 valence electrons. The molecule has 5 rings (SSSR count). The number of hydrogen-bond donors (Lipinski definition) is 2. The Labute approximate surface area is 202 Å². The molecule has 1 fully saturated rings. The molecular formula is C23H26N4O5S2. The van der Waals surface area contributed by atoms with Gasteiger partial charge in [0.05, 0.1) is 18.3 Å². The summed E-state index contributed by atoms with van der Waals surface area (Å²) in [5, 5.41) is 2.99. The van der Waals surface area contributed by atoms with Gasteiger partial charge in [-0.25, -0.2) is 13.1 Å². The van der Waals surface area contributed by atoms with E-state index in [1.54, 1.807) is 18.2 Å². The molecule has 1 aliphatic carbocycles. The van der Waals surface area contributed by atoms with Crippen LogP contribution in [0.1, 0.15) is 25.7 Å². The lowest BCUT2D eigenvalue weighted by atomic mass is 9.81. The van der Waals surface area contributed by atoms with Crippen LogP contribution >= 0.6 is 11.7 Å². The molecule has 2 aromatic carbocycles. The van der Waals surface area contributed by atoms with E-state index >= 15 is 0 Å².